The molecule has 5 nitrogen and oxygen atoms in total. The Morgan fingerprint density at radius 2 is 1.75 bits per heavy atom. The predicted octanol–water partition coefficient (Wildman–Crippen LogP) is 3.31. The van der Waals surface area contributed by atoms with Gasteiger partial charge in [-0.3, -0.25) is 14.9 Å². The summed E-state index contributed by atoms with van der Waals surface area (Å²) >= 11 is 5.85. The highest BCUT2D eigenvalue weighted by Gasteiger charge is 2.48. The lowest BCUT2D eigenvalue weighted by atomic mass is 9.92. The van der Waals surface area contributed by atoms with Gasteiger partial charge in [-0.1, -0.05) is 41.9 Å². The third-order valence-electron chi connectivity index (χ3n) is 3.83. The number of ketones is 1. The lowest BCUT2D eigenvalue weighted by molar-refractivity contribution is -0.131. The minimum absolute atomic E-state index is 0.258. The first-order chi connectivity index (χ1) is 11.4. The number of nitrogens with one attached hydrogen (secondary N) is 1. The second kappa shape index (κ2) is 6.02. The van der Waals surface area contributed by atoms with Crippen molar-refractivity contribution in [1.82, 2.24) is 5.32 Å². The number of carbonyl (C=O) groups is 2. The molecule has 0 bridgehead atoms. The van der Waals surface area contributed by atoms with Crippen LogP contribution in [0.1, 0.15) is 22.8 Å². The number of hydrogen-bond donors (Lipinski definition) is 2. The lowest BCUT2D eigenvalue weighted by Gasteiger charge is -2.23. The van der Waals surface area contributed by atoms with Crippen molar-refractivity contribution >= 4 is 23.3 Å². The molecule has 3 rings (SSSR count). The van der Waals surface area contributed by atoms with Crippen LogP contribution in [0.2, 0.25) is 5.02 Å². The summed E-state index contributed by atoms with van der Waals surface area (Å²) in [6, 6.07) is 14.9. The molecule has 0 saturated heterocycles. The number of benzene rings is 2. The summed E-state index contributed by atoms with van der Waals surface area (Å²) in [6.07, 6.45) is 0. The van der Waals surface area contributed by atoms with Crippen LogP contribution in [-0.2, 0) is 15.1 Å². The van der Waals surface area contributed by atoms with E-state index in [1.807, 2.05) is 0 Å². The van der Waals surface area contributed by atoms with Gasteiger partial charge in [0.25, 0.3) is 11.7 Å². The molecule has 0 saturated carbocycles. The first kappa shape index (κ1) is 16.1. The molecule has 1 aliphatic rings. The maximum atomic E-state index is 12.4. The standard InChI is InChI=1S/C18H14ClNO4/c1-18(12-7-9-13(19)10-8-12)15(22)14(21)17(24-18)20-16(23)11-5-3-2-4-6-11/h2-10,21H,1H3,(H,20,23). The number of ether oxygens (including phenoxy) is 1. The van der Waals surface area contributed by atoms with Crippen LogP contribution in [0.15, 0.2) is 66.2 Å². The summed E-state index contributed by atoms with van der Waals surface area (Å²) in [5, 5.41) is 13.0. The predicted molar refractivity (Wildman–Crippen MR) is 88.5 cm³/mol. The van der Waals surface area contributed by atoms with E-state index in [1.165, 1.54) is 6.92 Å². The van der Waals surface area contributed by atoms with Gasteiger partial charge >= 0.3 is 0 Å². The zero-order valence-corrected chi connectivity index (χ0v) is 13.5. The van der Waals surface area contributed by atoms with Crippen molar-refractivity contribution < 1.29 is 19.4 Å². The van der Waals surface area contributed by atoms with Crippen LogP contribution in [0.5, 0.6) is 0 Å². The fraction of sp³-hybridized carbons (Fsp3) is 0.111. The van der Waals surface area contributed by atoms with Crippen molar-refractivity contribution in [3.05, 3.63) is 82.4 Å². The van der Waals surface area contributed by atoms with Crippen molar-refractivity contribution in [1.29, 1.82) is 0 Å². The smallest absolute Gasteiger partial charge is 0.258 e. The van der Waals surface area contributed by atoms with Crippen molar-refractivity contribution in [2.24, 2.45) is 0 Å². The number of aliphatic hydroxyl groups excluding tert-OH is 1. The number of aliphatic hydroxyl groups is 1. The Morgan fingerprint density at radius 1 is 1.12 bits per heavy atom. The van der Waals surface area contributed by atoms with Gasteiger partial charge in [0.2, 0.25) is 11.6 Å². The molecule has 1 aliphatic heterocycles. The number of Topliss-reactive ketones (excluding diaryl/α,β-unsaturated/α-hetero) is 1. The van der Waals surface area contributed by atoms with Gasteiger partial charge in [0.15, 0.2) is 5.60 Å². The molecule has 1 amide bonds. The molecular formula is C18H14ClNO4. The van der Waals surface area contributed by atoms with Gasteiger partial charge in [-0.2, -0.15) is 0 Å². The van der Waals surface area contributed by atoms with Crippen LogP contribution < -0.4 is 5.32 Å². The molecule has 0 spiro atoms. The minimum Gasteiger partial charge on any atom is -0.501 e. The minimum atomic E-state index is -1.42. The largest absolute Gasteiger partial charge is 0.501 e. The van der Waals surface area contributed by atoms with Gasteiger partial charge in [-0.05, 0) is 31.2 Å². The van der Waals surface area contributed by atoms with Gasteiger partial charge in [0.1, 0.15) is 0 Å². The Morgan fingerprint density at radius 3 is 2.38 bits per heavy atom. The number of amides is 1. The van der Waals surface area contributed by atoms with Crippen molar-refractivity contribution in [3.8, 4) is 0 Å². The molecule has 6 heteroatoms. The van der Waals surface area contributed by atoms with Gasteiger partial charge < -0.3 is 9.84 Å². The number of halogens is 1. The first-order valence-corrected chi connectivity index (χ1v) is 7.59. The van der Waals surface area contributed by atoms with Gasteiger partial charge in [0, 0.05) is 16.1 Å². The quantitative estimate of drug-likeness (QED) is 0.896. The molecule has 1 heterocycles. The molecule has 2 N–H and O–H groups in total. The molecular weight excluding hydrogens is 330 g/mol. The summed E-state index contributed by atoms with van der Waals surface area (Å²) < 4.78 is 5.60. The second-order valence-corrected chi connectivity index (χ2v) is 5.91. The number of carbonyl (C=O) groups excluding carboxylic acids is 2. The molecule has 1 atom stereocenters. The van der Waals surface area contributed by atoms with Crippen molar-refractivity contribution in [2.75, 3.05) is 0 Å². The van der Waals surface area contributed by atoms with E-state index in [0.29, 0.717) is 16.1 Å². The fourth-order valence-corrected chi connectivity index (χ4v) is 2.56. The first-order valence-electron chi connectivity index (χ1n) is 7.21. The van der Waals surface area contributed by atoms with E-state index in [-0.39, 0.29) is 5.88 Å². The van der Waals surface area contributed by atoms with Crippen LogP contribution in [0, 0.1) is 0 Å². The highest BCUT2D eigenvalue weighted by Crippen LogP contribution is 2.37. The third-order valence-corrected chi connectivity index (χ3v) is 4.08. The van der Waals surface area contributed by atoms with Crippen LogP contribution >= 0.6 is 11.6 Å². The van der Waals surface area contributed by atoms with E-state index >= 15 is 0 Å². The van der Waals surface area contributed by atoms with Gasteiger partial charge in [0.05, 0.1) is 0 Å². The lowest BCUT2D eigenvalue weighted by Crippen LogP contribution is -2.32. The van der Waals surface area contributed by atoms with Crippen molar-refractivity contribution in [3.63, 3.8) is 0 Å². The molecule has 2 aromatic carbocycles. The number of rotatable bonds is 3. The Labute approximate surface area is 143 Å². The Kier molecular flexibility index (Phi) is 4.03. The summed E-state index contributed by atoms with van der Waals surface area (Å²) in [5.74, 6) is -1.98. The Hall–Kier alpha value is -2.79. The summed E-state index contributed by atoms with van der Waals surface area (Å²) in [7, 11) is 0. The van der Waals surface area contributed by atoms with Crippen LogP contribution in [0.3, 0.4) is 0 Å². The van der Waals surface area contributed by atoms with Crippen LogP contribution in [-0.4, -0.2) is 16.8 Å². The molecule has 0 aliphatic carbocycles. The normalized spacial score (nSPS) is 20.0. The molecule has 2 aromatic rings. The maximum absolute atomic E-state index is 12.4. The molecule has 24 heavy (non-hydrogen) atoms. The topological polar surface area (TPSA) is 75.6 Å². The van der Waals surface area contributed by atoms with E-state index < -0.39 is 23.1 Å². The average Bonchev–Trinajstić information content (AvgIpc) is 2.81. The SMILES string of the molecule is CC1(c2ccc(Cl)cc2)OC(NC(=O)c2ccccc2)=C(O)C1=O. The highest BCUT2D eigenvalue weighted by atomic mass is 35.5. The van der Waals surface area contributed by atoms with E-state index in [1.54, 1.807) is 54.6 Å². The molecule has 122 valence electrons. The van der Waals surface area contributed by atoms with E-state index in [0.717, 1.165) is 0 Å². The van der Waals surface area contributed by atoms with Gasteiger partial charge in [-0.15, -0.1) is 0 Å². The summed E-state index contributed by atoms with van der Waals surface area (Å²) in [5.41, 5.74) is -0.519. The zero-order valence-electron chi connectivity index (χ0n) is 12.7. The maximum Gasteiger partial charge on any atom is 0.258 e. The molecule has 1 unspecified atom stereocenters. The monoisotopic (exact) mass is 343 g/mol. The average molecular weight is 344 g/mol. The Bertz CT molecular complexity index is 830. The van der Waals surface area contributed by atoms with Crippen LogP contribution in [0.25, 0.3) is 0 Å². The summed E-state index contributed by atoms with van der Waals surface area (Å²) in [4.78, 5) is 24.6. The van der Waals surface area contributed by atoms with Crippen LogP contribution in [0.4, 0.5) is 0 Å². The molecule has 0 radical (unpaired) electrons. The Balaban J connectivity index is 1.85. The van der Waals surface area contributed by atoms with E-state index in [9.17, 15) is 14.7 Å². The highest BCUT2D eigenvalue weighted by molar-refractivity contribution is 6.30. The molecule has 0 aromatic heterocycles. The van der Waals surface area contributed by atoms with E-state index in [2.05, 4.69) is 5.32 Å². The fourth-order valence-electron chi connectivity index (χ4n) is 2.44. The summed E-state index contributed by atoms with van der Waals surface area (Å²) in [6.45, 7) is 1.52. The van der Waals surface area contributed by atoms with Crippen molar-refractivity contribution in [2.45, 2.75) is 12.5 Å². The second-order valence-electron chi connectivity index (χ2n) is 5.47. The number of hydrogen-bond acceptors (Lipinski definition) is 4. The zero-order chi connectivity index (χ0) is 17.3. The molecule has 0 fully saturated rings. The van der Waals surface area contributed by atoms with E-state index in [4.69, 9.17) is 16.3 Å². The van der Waals surface area contributed by atoms with Gasteiger partial charge in [-0.25, -0.2) is 0 Å². The third kappa shape index (κ3) is 2.74.